The van der Waals surface area contributed by atoms with Crippen molar-refractivity contribution in [3.63, 3.8) is 0 Å². The lowest BCUT2D eigenvalue weighted by Gasteiger charge is -2.24. The van der Waals surface area contributed by atoms with Crippen LogP contribution in [0, 0.1) is 0 Å². The van der Waals surface area contributed by atoms with Gasteiger partial charge in [-0.05, 0) is 68.2 Å². The highest BCUT2D eigenvalue weighted by atomic mass is 35.5. The number of carbonyl (C=O) groups excluding carboxylic acids is 2. The highest BCUT2D eigenvalue weighted by Crippen LogP contribution is 2.44. The number of anilines is 1. The third-order valence-electron chi connectivity index (χ3n) is 5.65. The first-order valence-electron chi connectivity index (χ1n) is 11.3. The van der Waals surface area contributed by atoms with Gasteiger partial charge in [0.2, 0.25) is 0 Å². The molecule has 2 aromatic carbocycles. The van der Waals surface area contributed by atoms with Gasteiger partial charge in [-0.15, -0.1) is 12.4 Å². The Hall–Kier alpha value is -2.57. The van der Waals surface area contributed by atoms with E-state index in [0.29, 0.717) is 41.4 Å². The number of fused-ring (bicyclic) bond motifs is 2. The van der Waals surface area contributed by atoms with Crippen molar-refractivity contribution >= 4 is 30.0 Å². The van der Waals surface area contributed by atoms with Gasteiger partial charge in [-0.25, -0.2) is 4.79 Å². The first-order chi connectivity index (χ1) is 15.1. The monoisotopic (exact) mass is 474 g/mol. The zero-order chi connectivity index (χ0) is 23.6. The third kappa shape index (κ3) is 5.68. The normalized spacial score (nSPS) is 12.8. The fourth-order valence-corrected chi connectivity index (χ4v) is 3.75. The number of hydrogen-bond acceptors (Lipinski definition) is 5. The van der Waals surface area contributed by atoms with Crippen molar-refractivity contribution in [2.75, 3.05) is 38.7 Å². The summed E-state index contributed by atoms with van der Waals surface area (Å²) in [4.78, 5) is 30.0. The van der Waals surface area contributed by atoms with Gasteiger partial charge in [0, 0.05) is 13.1 Å². The summed E-state index contributed by atoms with van der Waals surface area (Å²) in [6, 6.07) is 9.24. The lowest BCUT2D eigenvalue weighted by Crippen LogP contribution is -2.36. The Bertz CT molecular complexity index is 1020. The summed E-state index contributed by atoms with van der Waals surface area (Å²) in [6.45, 7) is 11.7. The minimum absolute atomic E-state index is 0. The van der Waals surface area contributed by atoms with Crippen LogP contribution in [0.2, 0.25) is 0 Å². The van der Waals surface area contributed by atoms with Crippen LogP contribution in [0.5, 0.6) is 11.5 Å². The summed E-state index contributed by atoms with van der Waals surface area (Å²) in [5, 5.41) is 0. The first kappa shape index (κ1) is 26.7. The molecule has 33 heavy (non-hydrogen) atoms. The number of hydrogen-bond donors (Lipinski definition) is 0. The van der Waals surface area contributed by atoms with Crippen LogP contribution in [0.15, 0.2) is 30.3 Å². The zero-order valence-electron chi connectivity index (χ0n) is 20.6. The number of likely N-dealkylation sites (N-methyl/N-ethyl adjacent to an activating group) is 1. The second-order valence-corrected chi connectivity index (χ2v) is 9.06. The lowest BCUT2D eigenvalue weighted by atomic mass is 9.91. The van der Waals surface area contributed by atoms with Crippen molar-refractivity contribution in [1.82, 2.24) is 4.90 Å². The lowest BCUT2D eigenvalue weighted by molar-refractivity contribution is 0.0526. The van der Waals surface area contributed by atoms with E-state index < -0.39 is 5.97 Å². The van der Waals surface area contributed by atoms with Crippen molar-refractivity contribution in [3.8, 4) is 11.5 Å². The SMILES string of the molecule is CCOC(=O)c1ccc2c(c1)N(CCN(C)C)C(=O)c1cc(C(C)C)cc(C(C)C)c1O2.Cl. The predicted octanol–water partition coefficient (Wildman–Crippen LogP) is 5.85. The van der Waals surface area contributed by atoms with Gasteiger partial charge in [0.15, 0.2) is 5.75 Å². The Morgan fingerprint density at radius 2 is 1.79 bits per heavy atom. The summed E-state index contributed by atoms with van der Waals surface area (Å²) in [5.41, 5.74) is 3.66. The largest absolute Gasteiger partial charge is 0.462 e. The molecule has 0 aliphatic carbocycles. The molecule has 7 heteroatoms. The van der Waals surface area contributed by atoms with Crippen LogP contribution in [0.3, 0.4) is 0 Å². The molecule has 1 amide bonds. The molecule has 2 aromatic rings. The fraction of sp³-hybridized carbons (Fsp3) is 0.462. The van der Waals surface area contributed by atoms with E-state index in [0.717, 1.165) is 11.1 Å². The van der Waals surface area contributed by atoms with Crippen LogP contribution in [0.1, 0.15) is 78.3 Å². The molecule has 1 aliphatic heterocycles. The van der Waals surface area contributed by atoms with Gasteiger partial charge in [-0.1, -0.05) is 33.8 Å². The highest BCUT2D eigenvalue weighted by Gasteiger charge is 2.32. The molecule has 0 spiro atoms. The maximum Gasteiger partial charge on any atom is 0.338 e. The van der Waals surface area contributed by atoms with E-state index in [4.69, 9.17) is 9.47 Å². The number of amides is 1. The molecular weight excluding hydrogens is 440 g/mol. The predicted molar refractivity (Wildman–Crippen MR) is 135 cm³/mol. The molecule has 180 valence electrons. The van der Waals surface area contributed by atoms with E-state index in [2.05, 4.69) is 33.8 Å². The third-order valence-corrected chi connectivity index (χ3v) is 5.65. The molecule has 0 atom stereocenters. The van der Waals surface area contributed by atoms with Crippen LogP contribution < -0.4 is 9.64 Å². The van der Waals surface area contributed by atoms with Crippen molar-refractivity contribution in [1.29, 1.82) is 0 Å². The average Bonchev–Trinajstić information content (AvgIpc) is 2.85. The first-order valence-corrected chi connectivity index (χ1v) is 11.3. The minimum Gasteiger partial charge on any atom is -0.462 e. The number of ether oxygens (including phenoxy) is 2. The van der Waals surface area contributed by atoms with E-state index >= 15 is 0 Å². The smallest absolute Gasteiger partial charge is 0.338 e. The molecule has 0 N–H and O–H groups in total. The van der Waals surface area contributed by atoms with E-state index in [1.54, 1.807) is 30.0 Å². The summed E-state index contributed by atoms with van der Waals surface area (Å²) < 4.78 is 11.6. The van der Waals surface area contributed by atoms with Gasteiger partial charge in [-0.3, -0.25) is 4.79 Å². The van der Waals surface area contributed by atoms with Crippen molar-refractivity contribution in [2.45, 2.75) is 46.5 Å². The van der Waals surface area contributed by atoms with Crippen LogP contribution >= 0.6 is 12.4 Å². The van der Waals surface area contributed by atoms with Crippen LogP contribution in [-0.2, 0) is 4.74 Å². The molecule has 0 fully saturated rings. The zero-order valence-corrected chi connectivity index (χ0v) is 21.4. The Labute approximate surface area is 203 Å². The number of benzene rings is 2. The summed E-state index contributed by atoms with van der Waals surface area (Å²) in [6.07, 6.45) is 0. The molecule has 0 bridgehead atoms. The molecule has 1 aliphatic rings. The Morgan fingerprint density at radius 3 is 2.36 bits per heavy atom. The van der Waals surface area contributed by atoms with Gasteiger partial charge < -0.3 is 19.3 Å². The van der Waals surface area contributed by atoms with Crippen LogP contribution in [0.25, 0.3) is 0 Å². The minimum atomic E-state index is -0.415. The van der Waals surface area contributed by atoms with Crippen molar-refractivity contribution in [3.05, 3.63) is 52.6 Å². The Kier molecular flexibility index (Phi) is 8.92. The number of rotatable bonds is 7. The van der Waals surface area contributed by atoms with Gasteiger partial charge >= 0.3 is 5.97 Å². The van der Waals surface area contributed by atoms with Crippen LogP contribution in [-0.4, -0.2) is 50.6 Å². The molecule has 0 radical (unpaired) electrons. The second-order valence-electron chi connectivity index (χ2n) is 9.06. The summed E-state index contributed by atoms with van der Waals surface area (Å²) in [7, 11) is 3.94. The second kappa shape index (κ2) is 11.0. The van der Waals surface area contributed by atoms with Gasteiger partial charge in [0.05, 0.1) is 23.4 Å². The van der Waals surface area contributed by atoms with Crippen LogP contribution in [0.4, 0.5) is 5.69 Å². The molecule has 0 saturated heterocycles. The maximum absolute atomic E-state index is 13.9. The van der Waals surface area contributed by atoms with Gasteiger partial charge in [0.25, 0.3) is 5.91 Å². The number of nitrogens with zero attached hydrogens (tertiary/aromatic N) is 2. The molecule has 0 aromatic heterocycles. The summed E-state index contributed by atoms with van der Waals surface area (Å²) >= 11 is 0. The fourth-order valence-electron chi connectivity index (χ4n) is 3.75. The highest BCUT2D eigenvalue weighted by molar-refractivity contribution is 6.10. The number of halogens is 1. The van der Waals surface area contributed by atoms with Gasteiger partial charge in [0.1, 0.15) is 5.75 Å². The molecule has 0 unspecified atom stereocenters. The maximum atomic E-state index is 13.9. The molecule has 1 heterocycles. The molecule has 3 rings (SSSR count). The van der Waals surface area contributed by atoms with E-state index in [1.807, 2.05) is 25.1 Å². The Balaban J connectivity index is 0.00000385. The number of esters is 1. The quantitative estimate of drug-likeness (QED) is 0.471. The molecular formula is C26H35ClN2O4. The Morgan fingerprint density at radius 1 is 1.09 bits per heavy atom. The van der Waals surface area contributed by atoms with E-state index in [9.17, 15) is 9.59 Å². The standard InChI is InChI=1S/C26H34N2O4.ClH/c1-8-31-26(30)18-9-10-23-22(15-18)28(12-11-27(6)7)25(29)21-14-19(16(2)3)13-20(17(4)5)24(21)32-23;/h9-10,13-17H,8,11-12H2,1-7H3;1H. The van der Waals surface area contributed by atoms with Crippen molar-refractivity contribution < 1.29 is 19.1 Å². The van der Waals surface area contributed by atoms with E-state index in [-0.39, 0.29) is 36.8 Å². The number of carbonyl (C=O) groups is 2. The van der Waals surface area contributed by atoms with Crippen molar-refractivity contribution in [2.24, 2.45) is 0 Å². The molecule has 0 saturated carbocycles. The van der Waals surface area contributed by atoms with E-state index in [1.165, 1.54) is 0 Å². The average molecular weight is 475 g/mol. The summed E-state index contributed by atoms with van der Waals surface area (Å²) in [5.74, 6) is 1.09. The molecule has 6 nitrogen and oxygen atoms in total. The topological polar surface area (TPSA) is 59.1 Å². The van der Waals surface area contributed by atoms with Gasteiger partial charge in [-0.2, -0.15) is 0 Å².